The summed E-state index contributed by atoms with van der Waals surface area (Å²) in [5, 5.41) is 24.7. The molecule has 2 aliphatic carbocycles. The maximum Gasteiger partial charge on any atom is 0.311 e. The first-order chi connectivity index (χ1) is 25.4. The molecule has 0 unspecified atom stereocenters. The molecule has 302 valence electrons. The monoisotopic (exact) mass is 1120 g/mol. The van der Waals surface area contributed by atoms with E-state index < -0.39 is 20.0 Å². The first-order valence-corrected chi connectivity index (χ1v) is 23.7. The Morgan fingerprint density at radius 2 is 1.31 bits per heavy atom. The molecule has 0 aliphatic heterocycles. The van der Waals surface area contributed by atoms with Crippen molar-refractivity contribution >= 4 is 106 Å². The van der Waals surface area contributed by atoms with Crippen LogP contribution in [0.5, 0.6) is 11.5 Å². The minimum absolute atomic E-state index is 0. The number of nitrogens with one attached hydrogen (secondary N) is 1. The number of hydrogen-bond donors (Lipinski definition) is 3. The number of methoxy groups -OCH3 is 2. The summed E-state index contributed by atoms with van der Waals surface area (Å²) in [5.41, 5.74) is 9.55. The predicted molar refractivity (Wildman–Crippen MR) is 235 cm³/mol. The maximum atomic E-state index is 11.5. The van der Waals surface area contributed by atoms with Crippen molar-refractivity contribution in [3.8, 4) is 11.5 Å². The Balaban J connectivity index is 0.000000757. The zero-order chi connectivity index (χ0) is 41.2. The van der Waals surface area contributed by atoms with Crippen molar-refractivity contribution in [2.75, 3.05) is 14.2 Å². The van der Waals surface area contributed by atoms with Crippen LogP contribution in [0.1, 0.15) is 67.3 Å². The number of aryl methyl sites for hydroxylation is 1. The highest BCUT2D eigenvalue weighted by Crippen LogP contribution is 2.37. The van der Waals surface area contributed by atoms with E-state index in [1.165, 1.54) is 52.3 Å². The number of amides is 2. The number of ketones is 1. The van der Waals surface area contributed by atoms with Crippen LogP contribution < -0.4 is 20.5 Å². The minimum Gasteiger partial charge on any atom is -0.490 e. The summed E-state index contributed by atoms with van der Waals surface area (Å²) < 4.78 is 39.9. The molecule has 16 nitrogen and oxygen atoms in total. The Morgan fingerprint density at radius 1 is 0.836 bits per heavy atom. The van der Waals surface area contributed by atoms with Crippen molar-refractivity contribution in [3.05, 3.63) is 102 Å². The van der Waals surface area contributed by atoms with Gasteiger partial charge in [0.1, 0.15) is 5.78 Å². The van der Waals surface area contributed by atoms with E-state index in [1.807, 2.05) is 13.0 Å². The third kappa shape index (κ3) is 17.5. The van der Waals surface area contributed by atoms with Gasteiger partial charge in [0.15, 0.2) is 5.75 Å². The van der Waals surface area contributed by atoms with Gasteiger partial charge in [-0.05, 0) is 74.4 Å². The number of primary amides is 1. The van der Waals surface area contributed by atoms with Crippen LogP contribution in [0.15, 0.2) is 59.1 Å². The number of nitrogens with two attached hydrogens (primary N) is 1. The van der Waals surface area contributed by atoms with E-state index in [1.54, 1.807) is 24.3 Å². The molecule has 3 aromatic carbocycles. The molecule has 4 N–H and O–H groups in total. The molecule has 0 bridgehead atoms. The topological polar surface area (TPSA) is 248 Å². The van der Waals surface area contributed by atoms with Crippen molar-refractivity contribution in [1.29, 1.82) is 0 Å². The third-order valence-corrected chi connectivity index (χ3v) is 8.41. The minimum atomic E-state index is -4.02. The zero-order valence-electron chi connectivity index (χ0n) is 30.6. The molecule has 5 rings (SSSR count). The van der Waals surface area contributed by atoms with E-state index in [9.17, 15) is 43.0 Å². The summed E-state index contributed by atoms with van der Waals surface area (Å²) in [5.74, 6) is 0.350. The molecule has 55 heavy (non-hydrogen) atoms. The number of fused-ring (bicyclic) bond motifs is 2. The van der Waals surface area contributed by atoms with Crippen molar-refractivity contribution in [1.82, 2.24) is 5.32 Å². The van der Waals surface area contributed by atoms with Gasteiger partial charge < -0.3 is 20.5 Å². The molecule has 2 amide bonds. The van der Waals surface area contributed by atoms with E-state index in [2.05, 4.69) is 48.3 Å². The SMILES string of the molecule is CC(N)=O.COc1c([N+](=O)[O-])ccc2c1CCCC(=O)C2.COc1c([N+](=O)[O-])ccc2c1CCCC(NC(C)=O)=C2.Cc1ccc(S(=O)(=O)O)cc1.I.II. The van der Waals surface area contributed by atoms with Crippen LogP contribution in [-0.4, -0.2) is 54.6 Å². The highest BCUT2D eigenvalue weighted by molar-refractivity contribution is 15.0. The number of carbonyl (C=O) groups excluding carboxylic acids is 3. The number of nitrogens with zero attached hydrogens (tertiary/aromatic N) is 2. The highest BCUT2D eigenvalue weighted by atomic mass is 128. The van der Waals surface area contributed by atoms with Gasteiger partial charge in [0.05, 0.1) is 29.0 Å². The molecule has 20 heteroatoms. The third-order valence-electron chi connectivity index (χ3n) is 7.54. The van der Waals surface area contributed by atoms with E-state index in [0.29, 0.717) is 37.2 Å². The molecular formula is C35H43I3N4O12S. The number of carbonyl (C=O) groups is 3. The van der Waals surface area contributed by atoms with Gasteiger partial charge >= 0.3 is 11.4 Å². The molecule has 0 heterocycles. The van der Waals surface area contributed by atoms with Crippen LogP contribution in [0, 0.1) is 27.2 Å². The molecular weight excluding hydrogens is 1080 g/mol. The van der Waals surface area contributed by atoms with Gasteiger partial charge in [0.2, 0.25) is 17.6 Å². The van der Waals surface area contributed by atoms with Gasteiger partial charge in [0.25, 0.3) is 10.1 Å². The fourth-order valence-electron chi connectivity index (χ4n) is 5.38. The number of allylic oxidation sites excluding steroid dienone is 1. The first kappa shape index (κ1) is 51.5. The smallest absolute Gasteiger partial charge is 0.311 e. The van der Waals surface area contributed by atoms with Crippen molar-refractivity contribution < 1.29 is 46.7 Å². The summed E-state index contributed by atoms with van der Waals surface area (Å²) in [7, 11) is -1.16. The number of nitro benzene ring substituents is 2. The van der Waals surface area contributed by atoms with Gasteiger partial charge in [-0.1, -0.05) is 23.8 Å². The fraction of sp³-hybridized carbons (Fsp3) is 0.343. The van der Waals surface area contributed by atoms with Gasteiger partial charge in [-0.2, -0.15) is 8.42 Å². The van der Waals surface area contributed by atoms with Crippen LogP contribution in [0.2, 0.25) is 0 Å². The number of Topliss-reactive ketones (excluding diaryl/α,β-unsaturated/α-hetero) is 1. The van der Waals surface area contributed by atoms with Crippen molar-refractivity contribution in [3.63, 3.8) is 0 Å². The molecule has 3 aromatic rings. The average molecular weight is 1120 g/mol. The van der Waals surface area contributed by atoms with Gasteiger partial charge in [0, 0.05) is 92.9 Å². The number of nitro groups is 2. The molecule has 0 aromatic heterocycles. The number of rotatable bonds is 6. The first-order valence-electron chi connectivity index (χ1n) is 16.0. The van der Waals surface area contributed by atoms with Gasteiger partial charge in [-0.15, -0.1) is 24.0 Å². The average Bonchev–Trinajstić information content (AvgIpc) is 3.42. The number of hydrogen-bond acceptors (Lipinski definition) is 11. The highest BCUT2D eigenvalue weighted by Gasteiger charge is 2.25. The largest absolute Gasteiger partial charge is 0.490 e. The van der Waals surface area contributed by atoms with Crippen LogP contribution >= 0.6 is 61.2 Å². The molecule has 0 saturated carbocycles. The van der Waals surface area contributed by atoms with Crippen LogP contribution in [0.25, 0.3) is 6.08 Å². The Kier molecular flexibility index (Phi) is 24.0. The quantitative estimate of drug-likeness (QED) is 0.0710. The number of halogens is 3. The van der Waals surface area contributed by atoms with E-state index in [-0.39, 0.29) is 57.8 Å². The summed E-state index contributed by atoms with van der Waals surface area (Å²) in [6, 6.07) is 12.2. The zero-order valence-corrected chi connectivity index (χ0v) is 38.1. The predicted octanol–water partition coefficient (Wildman–Crippen LogP) is 7.59. The number of benzene rings is 3. The second-order valence-electron chi connectivity index (χ2n) is 11.6. The van der Waals surface area contributed by atoms with E-state index in [4.69, 9.17) is 14.0 Å². The summed E-state index contributed by atoms with van der Waals surface area (Å²) in [6.07, 6.45) is 6.34. The normalized spacial score (nSPS) is 12.5. The number of ether oxygens (including phenoxy) is 2. The summed E-state index contributed by atoms with van der Waals surface area (Å²) in [4.78, 5) is 52.8. The maximum absolute atomic E-state index is 11.5. The lowest BCUT2D eigenvalue weighted by molar-refractivity contribution is -0.386. The molecule has 0 atom stereocenters. The van der Waals surface area contributed by atoms with Gasteiger partial charge in [-0.25, -0.2) is 0 Å². The van der Waals surface area contributed by atoms with E-state index in [0.717, 1.165) is 52.8 Å². The molecule has 0 radical (unpaired) electrons. The summed E-state index contributed by atoms with van der Waals surface area (Å²) in [6.45, 7) is 4.61. The lowest BCUT2D eigenvalue weighted by Crippen LogP contribution is -2.18. The fourth-order valence-corrected chi connectivity index (χ4v) is 5.86. The Bertz CT molecular complexity index is 1950. The Morgan fingerprint density at radius 3 is 1.78 bits per heavy atom. The summed E-state index contributed by atoms with van der Waals surface area (Å²) >= 11 is 4.24. The Hall–Kier alpha value is -3.49. The lowest BCUT2D eigenvalue weighted by atomic mass is 10.0. The molecule has 0 spiro atoms. The van der Waals surface area contributed by atoms with Crippen LogP contribution in [-0.2, 0) is 43.8 Å². The standard InChI is InChI=1S/C14H16N2O4.C12H13NO4.C7H8O3S.C2H5NO.I2.HI/c1-9(17)15-11-4-3-5-12-10(8-11)6-7-13(16(18)19)14(12)20-2;1-17-12-10-4-2-3-9(14)7-8(10)5-6-11(12)13(15)16;1-6-2-4-7(5-3-6)11(8,9)10;1-2(3)4;1-2;/h6-8H,3-5H2,1-2H3,(H,15,17);5-6H,2-4,7H2,1H3;2-5H,1H3,(H,8,9,10);1H3,(H2,3,4);;1H. The van der Waals surface area contributed by atoms with Crippen LogP contribution in [0.3, 0.4) is 0 Å². The van der Waals surface area contributed by atoms with E-state index >= 15 is 0 Å². The van der Waals surface area contributed by atoms with Crippen LogP contribution in [0.4, 0.5) is 11.4 Å². The van der Waals surface area contributed by atoms with Crippen molar-refractivity contribution in [2.24, 2.45) is 5.73 Å². The molecule has 0 saturated heterocycles. The van der Waals surface area contributed by atoms with Crippen molar-refractivity contribution in [2.45, 2.75) is 70.6 Å². The van der Waals surface area contributed by atoms with Gasteiger partial charge in [-0.3, -0.25) is 39.2 Å². The second-order valence-corrected chi connectivity index (χ2v) is 13.0. The Labute approximate surface area is 359 Å². The lowest BCUT2D eigenvalue weighted by Gasteiger charge is -2.10. The molecule has 2 aliphatic rings. The molecule has 0 fully saturated rings. The second kappa shape index (κ2) is 25.6.